The van der Waals surface area contributed by atoms with Crippen LogP contribution in [0.25, 0.3) is 0 Å². The molecule has 6 heteroatoms. The average molecular weight is 283 g/mol. The third kappa shape index (κ3) is 2.76. The minimum absolute atomic E-state index is 0.0144. The van der Waals surface area contributed by atoms with Gasteiger partial charge in [0, 0.05) is 0 Å². The van der Waals surface area contributed by atoms with Crippen LogP contribution in [0.15, 0.2) is 24.3 Å². The van der Waals surface area contributed by atoms with E-state index in [0.29, 0.717) is 17.7 Å². The zero-order valence-corrected chi connectivity index (χ0v) is 11.0. The standard InChI is InChI=1S/C13H12ClFN2O2/c1-2-10-11(13(18)19)12(14)17(16-10)7-8-4-3-5-9(15)6-8/h3-6H,2,7H2,1H3,(H,18,19). The Hall–Kier alpha value is -1.88. The second-order valence-corrected chi connectivity index (χ2v) is 4.42. The SMILES string of the molecule is CCc1nn(Cc2cccc(F)c2)c(Cl)c1C(=O)O. The van der Waals surface area contributed by atoms with Crippen LogP contribution in [0.1, 0.15) is 28.5 Å². The first-order chi connectivity index (χ1) is 9.02. The molecule has 0 aliphatic carbocycles. The molecule has 1 aromatic carbocycles. The Morgan fingerprint density at radius 2 is 2.26 bits per heavy atom. The van der Waals surface area contributed by atoms with E-state index in [1.807, 2.05) is 0 Å². The maximum Gasteiger partial charge on any atom is 0.340 e. The summed E-state index contributed by atoms with van der Waals surface area (Å²) in [5.74, 6) is -1.46. The second-order valence-electron chi connectivity index (χ2n) is 4.06. The van der Waals surface area contributed by atoms with Crippen molar-refractivity contribution in [1.29, 1.82) is 0 Å². The lowest BCUT2D eigenvalue weighted by Crippen LogP contribution is -2.03. The molecule has 1 aromatic heterocycles. The fourth-order valence-electron chi connectivity index (χ4n) is 1.86. The fourth-order valence-corrected chi connectivity index (χ4v) is 2.15. The molecule has 19 heavy (non-hydrogen) atoms. The summed E-state index contributed by atoms with van der Waals surface area (Å²) in [7, 11) is 0. The van der Waals surface area contributed by atoms with Crippen molar-refractivity contribution in [2.24, 2.45) is 0 Å². The van der Waals surface area contributed by atoms with E-state index in [1.54, 1.807) is 19.1 Å². The van der Waals surface area contributed by atoms with Gasteiger partial charge in [0.15, 0.2) is 0 Å². The summed E-state index contributed by atoms with van der Waals surface area (Å²) in [6.45, 7) is 2.04. The highest BCUT2D eigenvalue weighted by Gasteiger charge is 2.21. The molecule has 0 fully saturated rings. The summed E-state index contributed by atoms with van der Waals surface area (Å²) in [4.78, 5) is 11.1. The van der Waals surface area contributed by atoms with E-state index in [4.69, 9.17) is 16.7 Å². The molecule has 0 bridgehead atoms. The van der Waals surface area contributed by atoms with E-state index in [-0.39, 0.29) is 23.1 Å². The lowest BCUT2D eigenvalue weighted by atomic mass is 10.2. The molecular formula is C13H12ClFN2O2. The van der Waals surface area contributed by atoms with E-state index in [2.05, 4.69) is 5.10 Å². The number of carboxylic acid groups (broad SMARTS) is 1. The van der Waals surface area contributed by atoms with E-state index in [0.717, 1.165) is 0 Å². The number of aromatic nitrogens is 2. The molecule has 0 aliphatic rings. The lowest BCUT2D eigenvalue weighted by Gasteiger charge is -2.03. The molecule has 0 amide bonds. The van der Waals surface area contributed by atoms with Gasteiger partial charge < -0.3 is 5.11 Å². The molecule has 0 saturated heterocycles. The Balaban J connectivity index is 2.38. The summed E-state index contributed by atoms with van der Waals surface area (Å²) in [6.07, 6.45) is 0.470. The van der Waals surface area contributed by atoms with Crippen LogP contribution in [-0.2, 0) is 13.0 Å². The maximum absolute atomic E-state index is 13.1. The molecule has 0 spiro atoms. The van der Waals surface area contributed by atoms with E-state index >= 15 is 0 Å². The Kier molecular flexibility index (Phi) is 3.85. The van der Waals surface area contributed by atoms with Gasteiger partial charge in [-0.05, 0) is 24.1 Å². The van der Waals surface area contributed by atoms with Gasteiger partial charge in [0.1, 0.15) is 16.5 Å². The summed E-state index contributed by atoms with van der Waals surface area (Å²) in [6, 6.07) is 6.02. The summed E-state index contributed by atoms with van der Waals surface area (Å²) in [5.41, 5.74) is 1.11. The number of hydrogen-bond acceptors (Lipinski definition) is 2. The van der Waals surface area contributed by atoms with Crippen LogP contribution < -0.4 is 0 Å². The number of nitrogens with zero attached hydrogens (tertiary/aromatic N) is 2. The van der Waals surface area contributed by atoms with Crippen LogP contribution in [0.3, 0.4) is 0 Å². The van der Waals surface area contributed by atoms with Crippen molar-refractivity contribution in [1.82, 2.24) is 9.78 Å². The quantitative estimate of drug-likeness (QED) is 0.938. The van der Waals surface area contributed by atoms with Crippen LogP contribution >= 0.6 is 11.6 Å². The van der Waals surface area contributed by atoms with Crippen LogP contribution in [0.2, 0.25) is 5.15 Å². The molecule has 0 saturated carbocycles. The van der Waals surface area contributed by atoms with Crippen molar-refractivity contribution >= 4 is 17.6 Å². The molecule has 0 atom stereocenters. The van der Waals surface area contributed by atoms with Crippen LogP contribution in [0.5, 0.6) is 0 Å². The van der Waals surface area contributed by atoms with Gasteiger partial charge in [-0.1, -0.05) is 30.7 Å². The van der Waals surface area contributed by atoms with Gasteiger partial charge >= 0.3 is 5.97 Å². The zero-order chi connectivity index (χ0) is 14.0. The highest BCUT2D eigenvalue weighted by molar-refractivity contribution is 6.32. The Morgan fingerprint density at radius 3 is 2.79 bits per heavy atom. The lowest BCUT2D eigenvalue weighted by molar-refractivity contribution is 0.0696. The summed E-state index contributed by atoms with van der Waals surface area (Å²) in [5, 5.41) is 13.3. The van der Waals surface area contributed by atoms with E-state index in [1.165, 1.54) is 16.8 Å². The summed E-state index contributed by atoms with van der Waals surface area (Å²) < 4.78 is 14.5. The monoisotopic (exact) mass is 282 g/mol. The molecular weight excluding hydrogens is 271 g/mol. The molecule has 0 unspecified atom stereocenters. The van der Waals surface area contributed by atoms with Crippen LogP contribution in [-0.4, -0.2) is 20.9 Å². The van der Waals surface area contributed by atoms with Crippen molar-refractivity contribution in [2.45, 2.75) is 19.9 Å². The van der Waals surface area contributed by atoms with E-state index in [9.17, 15) is 9.18 Å². The van der Waals surface area contributed by atoms with Crippen molar-refractivity contribution in [2.75, 3.05) is 0 Å². The molecule has 100 valence electrons. The largest absolute Gasteiger partial charge is 0.478 e. The van der Waals surface area contributed by atoms with Crippen molar-refractivity contribution in [3.63, 3.8) is 0 Å². The molecule has 0 radical (unpaired) electrons. The zero-order valence-electron chi connectivity index (χ0n) is 10.2. The van der Waals surface area contributed by atoms with Crippen LogP contribution in [0, 0.1) is 5.82 Å². The Morgan fingerprint density at radius 1 is 1.53 bits per heavy atom. The van der Waals surface area contributed by atoms with E-state index < -0.39 is 5.97 Å². The third-order valence-corrected chi connectivity index (χ3v) is 3.12. The van der Waals surface area contributed by atoms with Gasteiger partial charge in [-0.2, -0.15) is 5.10 Å². The third-order valence-electron chi connectivity index (χ3n) is 2.73. The maximum atomic E-state index is 13.1. The number of hydrogen-bond donors (Lipinski definition) is 1. The topological polar surface area (TPSA) is 55.1 Å². The van der Waals surface area contributed by atoms with Gasteiger partial charge in [-0.3, -0.25) is 0 Å². The number of aromatic carboxylic acids is 1. The fraction of sp³-hybridized carbons (Fsp3) is 0.231. The minimum atomic E-state index is -1.10. The molecule has 1 N–H and O–H groups in total. The molecule has 1 heterocycles. The first-order valence-corrected chi connectivity index (χ1v) is 6.13. The number of halogens is 2. The molecule has 2 rings (SSSR count). The molecule has 2 aromatic rings. The second kappa shape index (κ2) is 5.40. The predicted molar refractivity (Wildman–Crippen MR) is 69.1 cm³/mol. The molecule has 4 nitrogen and oxygen atoms in total. The van der Waals surface area contributed by atoms with Gasteiger partial charge in [0.05, 0.1) is 12.2 Å². The van der Waals surface area contributed by atoms with Crippen molar-refractivity contribution in [3.8, 4) is 0 Å². The summed E-state index contributed by atoms with van der Waals surface area (Å²) >= 11 is 6.02. The number of aryl methyl sites for hydroxylation is 1. The predicted octanol–water partition coefficient (Wildman–Crippen LogP) is 2.98. The first kappa shape index (κ1) is 13.5. The van der Waals surface area contributed by atoms with Crippen molar-refractivity contribution in [3.05, 3.63) is 52.1 Å². The van der Waals surface area contributed by atoms with Gasteiger partial charge in [-0.15, -0.1) is 0 Å². The normalized spacial score (nSPS) is 10.7. The van der Waals surface area contributed by atoms with Gasteiger partial charge in [0.25, 0.3) is 0 Å². The molecule has 0 aliphatic heterocycles. The number of carboxylic acids is 1. The highest BCUT2D eigenvalue weighted by Crippen LogP contribution is 2.22. The first-order valence-electron chi connectivity index (χ1n) is 5.75. The highest BCUT2D eigenvalue weighted by atomic mass is 35.5. The van der Waals surface area contributed by atoms with Gasteiger partial charge in [-0.25, -0.2) is 13.9 Å². The number of carbonyl (C=O) groups is 1. The minimum Gasteiger partial charge on any atom is -0.478 e. The van der Waals surface area contributed by atoms with Crippen LogP contribution in [0.4, 0.5) is 4.39 Å². The Bertz CT molecular complexity index is 625. The number of rotatable bonds is 4. The van der Waals surface area contributed by atoms with Gasteiger partial charge in [0.2, 0.25) is 0 Å². The number of benzene rings is 1. The average Bonchev–Trinajstić information content (AvgIpc) is 2.66. The van der Waals surface area contributed by atoms with Crippen molar-refractivity contribution < 1.29 is 14.3 Å². The smallest absolute Gasteiger partial charge is 0.340 e. The Labute approximate surface area is 114 Å².